The number of hydrogen-bond acceptors (Lipinski definition) is 2. The highest BCUT2D eigenvalue weighted by molar-refractivity contribution is 5.72. The number of amides is 1. The Hall–Kier alpha value is -0.570. The van der Waals surface area contributed by atoms with Crippen molar-refractivity contribution in [3.05, 3.63) is 0 Å². The molecule has 0 aliphatic carbocycles. The van der Waals surface area contributed by atoms with E-state index in [2.05, 4.69) is 24.1 Å². The smallest absolute Gasteiger partial charge is 0.216 e. The quantitative estimate of drug-likeness (QED) is 0.644. The van der Waals surface area contributed by atoms with Crippen molar-refractivity contribution in [1.82, 2.24) is 10.2 Å². The third kappa shape index (κ3) is 5.85. The minimum absolute atomic E-state index is 0.0437. The van der Waals surface area contributed by atoms with Crippen LogP contribution >= 0.6 is 0 Å². The topological polar surface area (TPSA) is 32.3 Å². The number of nitrogens with one attached hydrogen (secondary N) is 1. The van der Waals surface area contributed by atoms with Crippen molar-refractivity contribution in [3.8, 4) is 0 Å². The van der Waals surface area contributed by atoms with Crippen LogP contribution in [0.25, 0.3) is 0 Å². The maximum atomic E-state index is 10.5. The lowest BCUT2D eigenvalue weighted by molar-refractivity contribution is -0.119. The van der Waals surface area contributed by atoms with Crippen LogP contribution in [0.5, 0.6) is 0 Å². The highest BCUT2D eigenvalue weighted by atomic mass is 16.1. The fourth-order valence-corrected chi connectivity index (χ4v) is 0.666. The van der Waals surface area contributed by atoms with Crippen LogP contribution in [0.2, 0.25) is 0 Å². The Labute approximate surface area is 68.8 Å². The molecule has 66 valence electrons. The fourth-order valence-electron chi connectivity index (χ4n) is 0.666. The second-order valence-electron chi connectivity index (χ2n) is 3.06. The predicted octanol–water partition coefficient (Wildman–Crippen LogP) is 0.463. The van der Waals surface area contributed by atoms with Gasteiger partial charge in [-0.2, -0.15) is 0 Å². The second-order valence-corrected chi connectivity index (χ2v) is 3.06. The first-order valence-electron chi connectivity index (χ1n) is 3.98. The van der Waals surface area contributed by atoms with Crippen LogP contribution in [0.4, 0.5) is 0 Å². The van der Waals surface area contributed by atoms with Crippen LogP contribution in [0.15, 0.2) is 0 Å². The molecule has 0 saturated carbocycles. The molecule has 0 unspecified atom stereocenters. The molecule has 0 fully saturated rings. The van der Waals surface area contributed by atoms with E-state index in [9.17, 15) is 4.79 Å². The summed E-state index contributed by atoms with van der Waals surface area (Å²) in [5.74, 6) is 0.0437. The van der Waals surface area contributed by atoms with E-state index in [0.29, 0.717) is 6.04 Å². The summed E-state index contributed by atoms with van der Waals surface area (Å²) >= 11 is 0. The third-order valence-corrected chi connectivity index (χ3v) is 1.72. The zero-order valence-corrected chi connectivity index (χ0v) is 7.85. The van der Waals surface area contributed by atoms with Gasteiger partial charge in [0.1, 0.15) is 0 Å². The van der Waals surface area contributed by atoms with E-state index in [-0.39, 0.29) is 5.91 Å². The lowest BCUT2D eigenvalue weighted by Gasteiger charge is -2.20. The van der Waals surface area contributed by atoms with Gasteiger partial charge >= 0.3 is 0 Å². The van der Waals surface area contributed by atoms with Gasteiger partial charge in [0.25, 0.3) is 0 Å². The second kappa shape index (κ2) is 5.13. The summed E-state index contributed by atoms with van der Waals surface area (Å²) in [7, 11) is 2.05. The third-order valence-electron chi connectivity index (χ3n) is 1.72. The van der Waals surface area contributed by atoms with Gasteiger partial charge in [0.2, 0.25) is 5.91 Å². The highest BCUT2D eigenvalue weighted by Crippen LogP contribution is 1.90. The first-order chi connectivity index (χ1) is 5.04. The number of carbonyl (C=O) groups is 1. The van der Waals surface area contributed by atoms with Crippen LogP contribution < -0.4 is 5.32 Å². The summed E-state index contributed by atoms with van der Waals surface area (Å²) < 4.78 is 0. The molecule has 0 aromatic heterocycles. The van der Waals surface area contributed by atoms with Crippen molar-refractivity contribution in [2.45, 2.75) is 26.8 Å². The monoisotopic (exact) mass is 158 g/mol. The van der Waals surface area contributed by atoms with Crippen molar-refractivity contribution in [3.63, 3.8) is 0 Å². The van der Waals surface area contributed by atoms with Gasteiger partial charge < -0.3 is 10.2 Å². The summed E-state index contributed by atoms with van der Waals surface area (Å²) in [6.45, 7) is 7.46. The largest absolute Gasteiger partial charge is 0.355 e. The summed E-state index contributed by atoms with van der Waals surface area (Å²) in [4.78, 5) is 12.7. The summed E-state index contributed by atoms with van der Waals surface area (Å²) in [5.41, 5.74) is 0. The van der Waals surface area contributed by atoms with Crippen LogP contribution in [-0.2, 0) is 4.79 Å². The van der Waals surface area contributed by atoms with Crippen LogP contribution in [0.1, 0.15) is 20.8 Å². The molecule has 1 amide bonds. The molecule has 0 aliphatic heterocycles. The van der Waals surface area contributed by atoms with Gasteiger partial charge in [-0.15, -0.1) is 0 Å². The van der Waals surface area contributed by atoms with Crippen molar-refractivity contribution in [2.75, 3.05) is 20.1 Å². The standard InChI is InChI=1S/C8H18N2O/c1-7(2)10(4)6-5-9-8(3)11/h7H,5-6H2,1-4H3,(H,9,11). The Morgan fingerprint density at radius 2 is 2.09 bits per heavy atom. The minimum atomic E-state index is 0.0437. The molecule has 0 saturated heterocycles. The lowest BCUT2D eigenvalue weighted by Crippen LogP contribution is -2.35. The molecule has 0 spiro atoms. The van der Waals surface area contributed by atoms with Gasteiger partial charge in [0.05, 0.1) is 0 Å². The molecular weight excluding hydrogens is 140 g/mol. The zero-order valence-electron chi connectivity index (χ0n) is 7.85. The molecule has 3 heteroatoms. The van der Waals surface area contributed by atoms with Crippen molar-refractivity contribution < 1.29 is 4.79 Å². The molecule has 0 bridgehead atoms. The van der Waals surface area contributed by atoms with E-state index >= 15 is 0 Å². The van der Waals surface area contributed by atoms with Crippen LogP contribution in [-0.4, -0.2) is 37.0 Å². The Morgan fingerprint density at radius 1 is 1.55 bits per heavy atom. The summed E-state index contributed by atoms with van der Waals surface area (Å²) in [5, 5.41) is 2.75. The predicted molar refractivity (Wildman–Crippen MR) is 46.4 cm³/mol. The molecule has 0 aromatic carbocycles. The Morgan fingerprint density at radius 3 is 2.45 bits per heavy atom. The van der Waals surface area contributed by atoms with Gasteiger partial charge in [0, 0.05) is 26.1 Å². The van der Waals surface area contributed by atoms with E-state index in [1.54, 1.807) is 0 Å². The molecule has 1 N–H and O–H groups in total. The Bertz CT molecular complexity index is 123. The SMILES string of the molecule is CC(=O)NCCN(C)C(C)C. The fraction of sp³-hybridized carbons (Fsp3) is 0.875. The number of rotatable bonds is 4. The van der Waals surface area contributed by atoms with E-state index in [1.807, 2.05) is 7.05 Å². The maximum absolute atomic E-state index is 10.5. The average Bonchev–Trinajstić information content (AvgIpc) is 1.86. The molecule has 0 aliphatic rings. The maximum Gasteiger partial charge on any atom is 0.216 e. The minimum Gasteiger partial charge on any atom is -0.355 e. The summed E-state index contributed by atoms with van der Waals surface area (Å²) in [6, 6.07) is 0.545. The number of hydrogen-bond donors (Lipinski definition) is 1. The number of likely N-dealkylation sites (N-methyl/N-ethyl adjacent to an activating group) is 1. The van der Waals surface area contributed by atoms with Crippen molar-refractivity contribution in [2.24, 2.45) is 0 Å². The molecular formula is C8H18N2O. The van der Waals surface area contributed by atoms with Gasteiger partial charge in [-0.25, -0.2) is 0 Å². The van der Waals surface area contributed by atoms with Crippen molar-refractivity contribution in [1.29, 1.82) is 0 Å². The molecule has 0 aromatic rings. The first kappa shape index (κ1) is 10.4. The number of carbonyl (C=O) groups excluding carboxylic acids is 1. The Kier molecular flexibility index (Phi) is 4.86. The zero-order chi connectivity index (χ0) is 8.85. The van der Waals surface area contributed by atoms with Gasteiger partial charge in [-0.3, -0.25) is 4.79 Å². The van der Waals surface area contributed by atoms with Crippen LogP contribution in [0.3, 0.4) is 0 Å². The number of nitrogens with zero attached hydrogens (tertiary/aromatic N) is 1. The molecule has 0 heterocycles. The first-order valence-corrected chi connectivity index (χ1v) is 3.98. The van der Waals surface area contributed by atoms with E-state index in [1.165, 1.54) is 6.92 Å². The van der Waals surface area contributed by atoms with Gasteiger partial charge in [-0.05, 0) is 20.9 Å². The van der Waals surface area contributed by atoms with Crippen LogP contribution in [0, 0.1) is 0 Å². The molecule has 11 heavy (non-hydrogen) atoms. The molecule has 3 nitrogen and oxygen atoms in total. The lowest BCUT2D eigenvalue weighted by atomic mass is 10.3. The van der Waals surface area contributed by atoms with Crippen molar-refractivity contribution >= 4 is 5.91 Å². The molecule has 0 radical (unpaired) electrons. The Balaban J connectivity index is 3.31. The van der Waals surface area contributed by atoms with Gasteiger partial charge in [-0.1, -0.05) is 0 Å². The normalized spacial score (nSPS) is 10.7. The average molecular weight is 158 g/mol. The summed E-state index contributed by atoms with van der Waals surface area (Å²) in [6.07, 6.45) is 0. The highest BCUT2D eigenvalue weighted by Gasteiger charge is 2.01. The molecule has 0 atom stereocenters. The molecule has 0 rings (SSSR count). The van der Waals surface area contributed by atoms with E-state index in [0.717, 1.165) is 13.1 Å². The van der Waals surface area contributed by atoms with Gasteiger partial charge in [0.15, 0.2) is 0 Å². The van der Waals surface area contributed by atoms with E-state index in [4.69, 9.17) is 0 Å². The van der Waals surface area contributed by atoms with E-state index < -0.39 is 0 Å².